The van der Waals surface area contributed by atoms with Crippen molar-refractivity contribution in [1.29, 1.82) is 0 Å². The Morgan fingerprint density at radius 1 is 1.15 bits per heavy atom. The molecule has 1 aliphatic carbocycles. The molecule has 2 N–H and O–H groups in total. The molecule has 0 saturated carbocycles. The van der Waals surface area contributed by atoms with Crippen molar-refractivity contribution in [3.05, 3.63) is 64.9 Å². The molecular weight excluding hydrogens is 354 g/mol. The van der Waals surface area contributed by atoms with E-state index in [1.807, 2.05) is 24.3 Å². The normalized spacial score (nSPS) is 14.7. The van der Waals surface area contributed by atoms with Crippen LogP contribution in [0.15, 0.2) is 51.8 Å². The lowest BCUT2D eigenvalue weighted by Gasteiger charge is -2.12. The molecule has 134 valence electrons. The summed E-state index contributed by atoms with van der Waals surface area (Å²) in [6.07, 6.45) is 1.32. The minimum Gasteiger partial charge on any atom is -0.475 e. The summed E-state index contributed by atoms with van der Waals surface area (Å²) in [7, 11) is -3.72. The van der Waals surface area contributed by atoms with Gasteiger partial charge in [-0.25, -0.2) is 17.9 Å². The summed E-state index contributed by atoms with van der Waals surface area (Å²) in [4.78, 5) is 11.3. The van der Waals surface area contributed by atoms with Gasteiger partial charge >= 0.3 is 5.97 Å². The van der Waals surface area contributed by atoms with E-state index in [9.17, 15) is 13.2 Å². The first-order valence-corrected chi connectivity index (χ1v) is 9.69. The van der Waals surface area contributed by atoms with Crippen molar-refractivity contribution >= 4 is 27.0 Å². The number of carbonyl (C=O) groups is 1. The quantitative estimate of drug-likeness (QED) is 0.735. The maximum absolute atomic E-state index is 12.8. The maximum atomic E-state index is 12.8. The highest BCUT2D eigenvalue weighted by molar-refractivity contribution is 7.89. The van der Waals surface area contributed by atoms with Gasteiger partial charge in [0.25, 0.3) is 0 Å². The van der Waals surface area contributed by atoms with Crippen LogP contribution in [-0.4, -0.2) is 25.5 Å². The number of fused-ring (bicyclic) bond motifs is 2. The van der Waals surface area contributed by atoms with Crippen LogP contribution in [0.2, 0.25) is 0 Å². The van der Waals surface area contributed by atoms with Crippen LogP contribution in [0.1, 0.15) is 27.2 Å². The fourth-order valence-electron chi connectivity index (χ4n) is 3.50. The van der Waals surface area contributed by atoms with Crippen LogP contribution < -0.4 is 4.72 Å². The van der Waals surface area contributed by atoms with E-state index in [2.05, 4.69) is 4.72 Å². The Bertz CT molecular complexity index is 1110. The van der Waals surface area contributed by atoms with E-state index in [0.717, 1.165) is 11.1 Å². The minimum atomic E-state index is -3.72. The zero-order valence-corrected chi connectivity index (χ0v) is 14.8. The molecule has 0 radical (unpaired) electrons. The lowest BCUT2D eigenvalue weighted by molar-refractivity contribution is 0.0664. The van der Waals surface area contributed by atoms with Gasteiger partial charge in [0, 0.05) is 17.0 Å². The number of rotatable bonds is 4. The summed E-state index contributed by atoms with van der Waals surface area (Å²) in [5, 5.41) is 9.63. The summed E-state index contributed by atoms with van der Waals surface area (Å²) in [5.41, 5.74) is 3.09. The van der Waals surface area contributed by atoms with Gasteiger partial charge in [-0.05, 0) is 49.1 Å². The standard InChI is InChI=1S/C19H17NO5S/c1-11-16-10-15(6-7-17(16)25-18(11)19(21)22)26(23,24)20-14-8-12-4-2-3-5-13(12)9-14/h2-7,10,14,20H,8-9H2,1H3,(H,21,22). The van der Waals surface area contributed by atoms with Crippen molar-refractivity contribution in [1.82, 2.24) is 4.72 Å². The third-order valence-electron chi connectivity index (χ3n) is 4.79. The molecule has 0 fully saturated rings. The summed E-state index contributed by atoms with van der Waals surface area (Å²) in [6.45, 7) is 1.60. The second kappa shape index (κ2) is 5.96. The molecule has 26 heavy (non-hydrogen) atoms. The molecular formula is C19H17NO5S. The van der Waals surface area contributed by atoms with Gasteiger partial charge in [0.15, 0.2) is 0 Å². The van der Waals surface area contributed by atoms with Crippen LogP contribution >= 0.6 is 0 Å². The summed E-state index contributed by atoms with van der Waals surface area (Å²) in [5.74, 6) is -1.35. The molecule has 1 aromatic heterocycles. The number of aromatic carboxylic acids is 1. The number of carboxylic acids is 1. The van der Waals surface area contributed by atoms with Gasteiger partial charge in [-0.15, -0.1) is 0 Å². The largest absolute Gasteiger partial charge is 0.475 e. The fraction of sp³-hybridized carbons (Fsp3) is 0.211. The van der Waals surface area contributed by atoms with Crippen LogP contribution in [0.5, 0.6) is 0 Å². The maximum Gasteiger partial charge on any atom is 0.372 e. The van der Waals surface area contributed by atoms with Gasteiger partial charge in [0.2, 0.25) is 15.8 Å². The van der Waals surface area contributed by atoms with E-state index in [4.69, 9.17) is 9.52 Å². The molecule has 0 unspecified atom stereocenters. The molecule has 0 amide bonds. The zero-order valence-electron chi connectivity index (χ0n) is 14.0. The van der Waals surface area contributed by atoms with E-state index in [1.54, 1.807) is 6.92 Å². The minimum absolute atomic E-state index is 0.0989. The Morgan fingerprint density at radius 2 is 1.81 bits per heavy atom. The Kier molecular flexibility index (Phi) is 3.86. The third kappa shape index (κ3) is 2.79. The van der Waals surface area contributed by atoms with Crippen molar-refractivity contribution in [2.75, 3.05) is 0 Å². The van der Waals surface area contributed by atoms with Crippen molar-refractivity contribution in [2.24, 2.45) is 0 Å². The highest BCUT2D eigenvalue weighted by atomic mass is 32.2. The second-order valence-electron chi connectivity index (χ2n) is 6.51. The van der Waals surface area contributed by atoms with Crippen LogP contribution in [0.25, 0.3) is 11.0 Å². The second-order valence-corrected chi connectivity index (χ2v) is 8.23. The molecule has 1 heterocycles. The van der Waals surface area contributed by atoms with Gasteiger partial charge in [0.05, 0.1) is 4.90 Å². The Labute approximate surface area is 150 Å². The first-order chi connectivity index (χ1) is 12.3. The predicted octanol–water partition coefficient (Wildman–Crippen LogP) is 2.89. The van der Waals surface area contributed by atoms with Crippen molar-refractivity contribution in [3.63, 3.8) is 0 Å². The lowest BCUT2D eigenvalue weighted by Crippen LogP contribution is -2.35. The lowest BCUT2D eigenvalue weighted by atomic mass is 10.1. The highest BCUT2D eigenvalue weighted by Crippen LogP contribution is 2.28. The van der Waals surface area contributed by atoms with Crippen LogP contribution in [-0.2, 0) is 22.9 Å². The first-order valence-electron chi connectivity index (χ1n) is 8.21. The molecule has 2 aromatic carbocycles. The summed E-state index contributed by atoms with van der Waals surface area (Å²) >= 11 is 0. The van der Waals surface area contributed by atoms with Gasteiger partial charge in [-0.1, -0.05) is 24.3 Å². The van der Waals surface area contributed by atoms with Crippen LogP contribution in [0, 0.1) is 6.92 Å². The molecule has 3 aromatic rings. The number of aryl methyl sites for hydroxylation is 1. The van der Waals surface area contributed by atoms with Crippen molar-refractivity contribution < 1.29 is 22.7 Å². The molecule has 0 aliphatic heterocycles. The van der Waals surface area contributed by atoms with Crippen molar-refractivity contribution in [2.45, 2.75) is 30.7 Å². The molecule has 7 heteroatoms. The number of hydrogen-bond acceptors (Lipinski definition) is 4. The topological polar surface area (TPSA) is 96.6 Å². The number of hydrogen-bond donors (Lipinski definition) is 2. The predicted molar refractivity (Wildman–Crippen MR) is 95.9 cm³/mol. The highest BCUT2D eigenvalue weighted by Gasteiger charge is 2.27. The molecule has 6 nitrogen and oxygen atoms in total. The Balaban J connectivity index is 1.64. The monoisotopic (exact) mass is 371 g/mol. The smallest absolute Gasteiger partial charge is 0.372 e. The van der Waals surface area contributed by atoms with Crippen molar-refractivity contribution in [3.8, 4) is 0 Å². The summed E-state index contributed by atoms with van der Waals surface area (Å²) < 4.78 is 33.6. The average molecular weight is 371 g/mol. The van der Waals surface area contributed by atoms with Gasteiger partial charge in [-0.3, -0.25) is 0 Å². The molecule has 0 spiro atoms. The number of benzene rings is 2. The molecule has 4 rings (SSSR count). The number of sulfonamides is 1. The molecule has 1 aliphatic rings. The SMILES string of the molecule is Cc1c(C(=O)O)oc2ccc(S(=O)(=O)NC3Cc4ccccc4C3)cc12. The van der Waals surface area contributed by atoms with Gasteiger partial charge in [-0.2, -0.15) is 0 Å². The average Bonchev–Trinajstić information content (AvgIpc) is 3.14. The van der Waals surface area contributed by atoms with Crippen LogP contribution in [0.4, 0.5) is 0 Å². The summed E-state index contributed by atoms with van der Waals surface area (Å²) in [6, 6.07) is 12.1. The van der Waals surface area contributed by atoms with Gasteiger partial charge < -0.3 is 9.52 Å². The van der Waals surface area contributed by atoms with Crippen LogP contribution in [0.3, 0.4) is 0 Å². The van der Waals surface area contributed by atoms with E-state index in [1.165, 1.54) is 18.2 Å². The molecule has 0 atom stereocenters. The first kappa shape index (κ1) is 16.8. The third-order valence-corrected chi connectivity index (χ3v) is 6.30. The fourth-order valence-corrected chi connectivity index (χ4v) is 4.76. The van der Waals surface area contributed by atoms with E-state index < -0.39 is 16.0 Å². The number of furan rings is 1. The van der Waals surface area contributed by atoms with E-state index >= 15 is 0 Å². The van der Waals surface area contributed by atoms with E-state index in [0.29, 0.717) is 29.4 Å². The zero-order chi connectivity index (χ0) is 18.5. The van der Waals surface area contributed by atoms with E-state index in [-0.39, 0.29) is 16.7 Å². The Hall–Kier alpha value is -2.64. The molecule has 0 saturated heterocycles. The van der Waals surface area contributed by atoms with Gasteiger partial charge in [0.1, 0.15) is 5.58 Å². The molecule has 0 bridgehead atoms. The Morgan fingerprint density at radius 3 is 2.42 bits per heavy atom. The number of carboxylic acid groups (broad SMARTS) is 1. The number of nitrogens with one attached hydrogen (secondary N) is 1.